The van der Waals surface area contributed by atoms with Crippen molar-refractivity contribution in [1.29, 1.82) is 0 Å². The molecule has 2 aromatic rings. The summed E-state index contributed by atoms with van der Waals surface area (Å²) in [5.41, 5.74) is 0.0503. The highest BCUT2D eigenvalue weighted by molar-refractivity contribution is 9.10. The van der Waals surface area contributed by atoms with Crippen LogP contribution < -0.4 is 0 Å². The van der Waals surface area contributed by atoms with Gasteiger partial charge >= 0.3 is 5.97 Å². The van der Waals surface area contributed by atoms with Gasteiger partial charge in [0.25, 0.3) is 11.7 Å². The van der Waals surface area contributed by atoms with Gasteiger partial charge < -0.3 is 9.63 Å². The molecule has 0 atom stereocenters. The van der Waals surface area contributed by atoms with Crippen molar-refractivity contribution in [2.24, 2.45) is 0 Å². The van der Waals surface area contributed by atoms with E-state index in [1.165, 1.54) is 18.2 Å². The Morgan fingerprint density at radius 2 is 2.25 bits per heavy atom. The van der Waals surface area contributed by atoms with Crippen molar-refractivity contribution in [3.05, 3.63) is 34.3 Å². The first kappa shape index (κ1) is 10.7. The molecule has 1 heterocycles. The molecule has 0 amide bonds. The fourth-order valence-corrected chi connectivity index (χ4v) is 1.44. The van der Waals surface area contributed by atoms with E-state index in [0.29, 0.717) is 4.47 Å². The van der Waals surface area contributed by atoms with Gasteiger partial charge in [-0.3, -0.25) is 0 Å². The standard InChI is InChI=1S/C9H4BrFN2O3/c10-4-1-2-6(11)5(3-4)8-12-7(9(14)15)13-16-8/h1-3H,(H,14,15). The normalized spacial score (nSPS) is 10.4. The third-order valence-corrected chi connectivity index (χ3v) is 2.27. The van der Waals surface area contributed by atoms with Crippen molar-refractivity contribution in [2.45, 2.75) is 0 Å². The van der Waals surface area contributed by atoms with E-state index in [1.807, 2.05) is 0 Å². The molecule has 0 aliphatic rings. The van der Waals surface area contributed by atoms with Crippen LogP contribution in [0.2, 0.25) is 0 Å². The van der Waals surface area contributed by atoms with Gasteiger partial charge in [0, 0.05) is 4.47 Å². The van der Waals surface area contributed by atoms with Gasteiger partial charge in [-0.15, -0.1) is 0 Å². The van der Waals surface area contributed by atoms with Crippen molar-refractivity contribution in [1.82, 2.24) is 10.1 Å². The number of nitrogens with zero attached hydrogens (tertiary/aromatic N) is 2. The molecule has 0 saturated carbocycles. The fourth-order valence-electron chi connectivity index (χ4n) is 1.08. The van der Waals surface area contributed by atoms with Crippen LogP contribution in [0.5, 0.6) is 0 Å². The maximum atomic E-state index is 13.4. The number of carboxylic acids is 1. The van der Waals surface area contributed by atoms with Gasteiger partial charge in [0.15, 0.2) is 0 Å². The molecule has 5 nitrogen and oxygen atoms in total. The first-order valence-corrected chi connectivity index (χ1v) is 4.89. The summed E-state index contributed by atoms with van der Waals surface area (Å²) in [6.45, 7) is 0. The van der Waals surface area contributed by atoms with Crippen LogP contribution in [0.4, 0.5) is 4.39 Å². The van der Waals surface area contributed by atoms with Crippen LogP contribution in [0.25, 0.3) is 11.5 Å². The minimum Gasteiger partial charge on any atom is -0.475 e. The molecule has 0 spiro atoms. The van der Waals surface area contributed by atoms with Gasteiger partial charge in [-0.2, -0.15) is 4.98 Å². The van der Waals surface area contributed by atoms with E-state index in [0.717, 1.165) is 0 Å². The molecule has 0 bridgehead atoms. The van der Waals surface area contributed by atoms with Crippen LogP contribution in [-0.2, 0) is 0 Å². The summed E-state index contributed by atoms with van der Waals surface area (Å²) in [5.74, 6) is -2.57. The Hall–Kier alpha value is -1.76. The van der Waals surface area contributed by atoms with Crippen LogP contribution in [-0.4, -0.2) is 21.2 Å². The third-order valence-electron chi connectivity index (χ3n) is 1.78. The Bertz CT molecular complexity index is 555. The average molecular weight is 287 g/mol. The highest BCUT2D eigenvalue weighted by Crippen LogP contribution is 2.24. The smallest absolute Gasteiger partial charge is 0.377 e. The summed E-state index contributed by atoms with van der Waals surface area (Å²) in [5, 5.41) is 11.8. The van der Waals surface area contributed by atoms with E-state index in [2.05, 4.69) is 30.6 Å². The zero-order chi connectivity index (χ0) is 11.7. The van der Waals surface area contributed by atoms with E-state index >= 15 is 0 Å². The van der Waals surface area contributed by atoms with Crippen molar-refractivity contribution >= 4 is 21.9 Å². The van der Waals surface area contributed by atoms with E-state index in [1.54, 1.807) is 0 Å². The summed E-state index contributed by atoms with van der Waals surface area (Å²) in [7, 11) is 0. The molecule has 1 aromatic heterocycles. The molecule has 0 fully saturated rings. The second-order valence-corrected chi connectivity index (χ2v) is 3.77. The molecule has 0 aliphatic carbocycles. The predicted molar refractivity (Wildman–Crippen MR) is 54.4 cm³/mol. The first-order valence-electron chi connectivity index (χ1n) is 4.10. The lowest BCUT2D eigenvalue weighted by atomic mass is 10.2. The zero-order valence-corrected chi connectivity index (χ0v) is 9.23. The Morgan fingerprint density at radius 3 is 2.88 bits per heavy atom. The second kappa shape index (κ2) is 4.01. The third kappa shape index (κ3) is 1.94. The highest BCUT2D eigenvalue weighted by atomic mass is 79.9. The van der Waals surface area contributed by atoms with Gasteiger partial charge in [-0.05, 0) is 23.4 Å². The predicted octanol–water partition coefficient (Wildman–Crippen LogP) is 2.34. The summed E-state index contributed by atoms with van der Waals surface area (Å²) in [4.78, 5) is 14.1. The Kier molecular flexibility index (Phi) is 2.69. The molecule has 0 aliphatic heterocycles. The number of rotatable bonds is 2. The van der Waals surface area contributed by atoms with Crippen LogP contribution in [0.1, 0.15) is 10.6 Å². The SMILES string of the molecule is O=C(O)c1noc(-c2cc(Br)ccc2F)n1. The minimum atomic E-state index is -1.33. The lowest BCUT2D eigenvalue weighted by Crippen LogP contribution is -1.98. The van der Waals surface area contributed by atoms with Crippen LogP contribution >= 0.6 is 15.9 Å². The van der Waals surface area contributed by atoms with Gasteiger partial charge in [0.1, 0.15) is 5.82 Å². The average Bonchev–Trinajstić information content (AvgIpc) is 2.70. The quantitative estimate of drug-likeness (QED) is 0.917. The number of benzene rings is 1. The fraction of sp³-hybridized carbons (Fsp3) is 0. The number of aromatic carboxylic acids is 1. The molecule has 0 unspecified atom stereocenters. The molecular formula is C9H4BrFN2O3. The van der Waals surface area contributed by atoms with E-state index in [4.69, 9.17) is 5.11 Å². The number of hydrogen-bond donors (Lipinski definition) is 1. The molecule has 0 radical (unpaired) electrons. The molecule has 0 saturated heterocycles. The van der Waals surface area contributed by atoms with Gasteiger partial charge in [0.2, 0.25) is 0 Å². The molecule has 2 rings (SSSR count). The largest absolute Gasteiger partial charge is 0.475 e. The summed E-state index contributed by atoms with van der Waals surface area (Å²) in [6.07, 6.45) is 0. The van der Waals surface area contributed by atoms with Gasteiger partial charge in [0.05, 0.1) is 5.56 Å². The Balaban J connectivity index is 2.50. The van der Waals surface area contributed by atoms with Crippen molar-refractivity contribution in [3.8, 4) is 11.5 Å². The number of hydrogen-bond acceptors (Lipinski definition) is 4. The maximum Gasteiger partial charge on any atom is 0.377 e. The molecule has 82 valence electrons. The zero-order valence-electron chi connectivity index (χ0n) is 7.65. The van der Waals surface area contributed by atoms with Crippen molar-refractivity contribution < 1.29 is 18.8 Å². The van der Waals surface area contributed by atoms with Gasteiger partial charge in [-0.1, -0.05) is 15.9 Å². The lowest BCUT2D eigenvalue weighted by molar-refractivity contribution is 0.0680. The molecule has 7 heteroatoms. The van der Waals surface area contributed by atoms with Crippen LogP contribution in [0, 0.1) is 5.82 Å². The van der Waals surface area contributed by atoms with Crippen molar-refractivity contribution in [2.75, 3.05) is 0 Å². The van der Waals surface area contributed by atoms with E-state index in [9.17, 15) is 9.18 Å². The van der Waals surface area contributed by atoms with Gasteiger partial charge in [-0.25, -0.2) is 9.18 Å². The maximum absolute atomic E-state index is 13.4. The molecule has 16 heavy (non-hydrogen) atoms. The Morgan fingerprint density at radius 1 is 1.50 bits per heavy atom. The number of halogens is 2. The molecular weight excluding hydrogens is 283 g/mol. The number of carbonyl (C=O) groups is 1. The lowest BCUT2D eigenvalue weighted by Gasteiger charge is -1.97. The summed E-state index contributed by atoms with van der Waals surface area (Å²) in [6, 6.07) is 4.14. The topological polar surface area (TPSA) is 76.2 Å². The van der Waals surface area contributed by atoms with E-state index in [-0.39, 0.29) is 11.5 Å². The minimum absolute atomic E-state index is 0.0503. The van der Waals surface area contributed by atoms with Crippen LogP contribution in [0.3, 0.4) is 0 Å². The molecule has 1 N–H and O–H groups in total. The Labute approximate surface area is 97.0 Å². The summed E-state index contributed by atoms with van der Waals surface area (Å²) >= 11 is 3.16. The van der Waals surface area contributed by atoms with Crippen molar-refractivity contribution in [3.63, 3.8) is 0 Å². The summed E-state index contributed by atoms with van der Waals surface area (Å²) < 4.78 is 18.6. The monoisotopic (exact) mass is 286 g/mol. The first-order chi connectivity index (χ1) is 7.58. The number of carboxylic acid groups (broad SMARTS) is 1. The second-order valence-electron chi connectivity index (χ2n) is 2.85. The van der Waals surface area contributed by atoms with E-state index < -0.39 is 17.6 Å². The highest BCUT2D eigenvalue weighted by Gasteiger charge is 2.17. The number of aromatic nitrogens is 2. The molecule has 1 aromatic carbocycles. The van der Waals surface area contributed by atoms with Crippen LogP contribution in [0.15, 0.2) is 27.2 Å².